The Hall–Kier alpha value is -2.76. The van der Waals surface area contributed by atoms with Crippen LogP contribution in [0.2, 0.25) is 0 Å². The summed E-state index contributed by atoms with van der Waals surface area (Å²) in [7, 11) is 0. The van der Waals surface area contributed by atoms with Gasteiger partial charge in [0.2, 0.25) is 0 Å². The normalized spacial score (nSPS) is 13.6. The number of nitrogens with zero attached hydrogens (tertiary/aromatic N) is 2. The Kier molecular flexibility index (Phi) is 3.98. The standard InChI is InChI=1S/C13H11N3O5/c14-4-3-11(17)12(18)7-1-2-9-8(5-7)13(19)10(6-15-9)16(20)21/h1-2,5-6,11-12,17-18H,3H2,(H,15,19). The molecule has 108 valence electrons. The number of H-pyrrole nitrogens is 1. The molecule has 1 aromatic carbocycles. The number of aromatic amines is 1. The number of aromatic nitrogens is 1. The first-order valence-corrected chi connectivity index (χ1v) is 5.98. The van der Waals surface area contributed by atoms with E-state index in [0.717, 1.165) is 6.20 Å². The van der Waals surface area contributed by atoms with Gasteiger partial charge in [-0.1, -0.05) is 6.07 Å². The van der Waals surface area contributed by atoms with Crippen LogP contribution < -0.4 is 5.43 Å². The molecule has 0 aliphatic carbocycles. The molecule has 0 amide bonds. The zero-order valence-corrected chi connectivity index (χ0v) is 10.7. The van der Waals surface area contributed by atoms with Gasteiger partial charge in [-0.25, -0.2) is 0 Å². The first kappa shape index (κ1) is 14.6. The van der Waals surface area contributed by atoms with Crippen molar-refractivity contribution < 1.29 is 15.1 Å². The van der Waals surface area contributed by atoms with E-state index < -0.39 is 28.2 Å². The Bertz CT molecular complexity index is 792. The molecule has 21 heavy (non-hydrogen) atoms. The molecule has 0 bridgehead atoms. The predicted molar refractivity (Wildman–Crippen MR) is 72.4 cm³/mol. The quantitative estimate of drug-likeness (QED) is 0.560. The van der Waals surface area contributed by atoms with Crippen LogP contribution in [0.3, 0.4) is 0 Å². The van der Waals surface area contributed by atoms with Crippen LogP contribution in [-0.2, 0) is 0 Å². The molecule has 0 saturated carbocycles. The van der Waals surface area contributed by atoms with Crippen molar-refractivity contribution in [3.63, 3.8) is 0 Å². The number of hydrogen-bond donors (Lipinski definition) is 3. The SMILES string of the molecule is N#CCC(O)C(O)c1ccc2[nH]cc([N+](=O)[O-])c(=O)c2c1. The lowest BCUT2D eigenvalue weighted by Crippen LogP contribution is -2.18. The number of aliphatic hydroxyl groups excluding tert-OH is 2. The van der Waals surface area contributed by atoms with Crippen LogP contribution in [0, 0.1) is 21.4 Å². The maximum absolute atomic E-state index is 12.0. The Morgan fingerprint density at radius 1 is 1.43 bits per heavy atom. The number of fused-ring (bicyclic) bond motifs is 1. The molecule has 8 heteroatoms. The van der Waals surface area contributed by atoms with E-state index >= 15 is 0 Å². The van der Waals surface area contributed by atoms with Gasteiger partial charge in [-0.05, 0) is 17.7 Å². The van der Waals surface area contributed by atoms with Gasteiger partial charge in [0, 0.05) is 5.52 Å². The first-order chi connectivity index (χ1) is 9.95. The minimum Gasteiger partial charge on any atom is -0.389 e. The van der Waals surface area contributed by atoms with Crippen LogP contribution in [0.4, 0.5) is 5.69 Å². The summed E-state index contributed by atoms with van der Waals surface area (Å²) in [6, 6.07) is 5.93. The number of aliphatic hydroxyl groups is 2. The van der Waals surface area contributed by atoms with E-state index in [9.17, 15) is 25.1 Å². The fourth-order valence-electron chi connectivity index (χ4n) is 1.97. The smallest absolute Gasteiger partial charge is 0.332 e. The van der Waals surface area contributed by atoms with Gasteiger partial charge >= 0.3 is 5.69 Å². The Morgan fingerprint density at radius 3 is 2.76 bits per heavy atom. The number of nitro groups is 1. The van der Waals surface area contributed by atoms with Crippen molar-refractivity contribution in [2.75, 3.05) is 0 Å². The predicted octanol–water partition coefficient (Wildman–Crippen LogP) is 0.744. The summed E-state index contributed by atoms with van der Waals surface area (Å²) >= 11 is 0. The van der Waals surface area contributed by atoms with Gasteiger partial charge in [-0.15, -0.1) is 0 Å². The van der Waals surface area contributed by atoms with Gasteiger partial charge in [0.1, 0.15) is 6.10 Å². The van der Waals surface area contributed by atoms with Crippen LogP contribution in [0.1, 0.15) is 18.1 Å². The van der Waals surface area contributed by atoms with E-state index in [2.05, 4.69) is 4.98 Å². The molecule has 0 fully saturated rings. The maximum atomic E-state index is 12.0. The number of rotatable bonds is 4. The second kappa shape index (κ2) is 5.70. The van der Waals surface area contributed by atoms with E-state index in [0.29, 0.717) is 5.52 Å². The van der Waals surface area contributed by atoms with Crippen molar-refractivity contribution in [1.82, 2.24) is 4.98 Å². The summed E-state index contributed by atoms with van der Waals surface area (Å²) in [5.41, 5.74) is -0.808. The highest BCUT2D eigenvalue weighted by Gasteiger charge is 2.20. The van der Waals surface area contributed by atoms with Crippen LogP contribution >= 0.6 is 0 Å². The summed E-state index contributed by atoms with van der Waals surface area (Å²) in [6.45, 7) is 0. The molecule has 2 aromatic rings. The molecule has 0 spiro atoms. The molecule has 2 rings (SSSR count). The van der Waals surface area contributed by atoms with Crippen molar-refractivity contribution in [3.05, 3.63) is 50.3 Å². The highest BCUT2D eigenvalue weighted by molar-refractivity contribution is 5.81. The van der Waals surface area contributed by atoms with Crippen molar-refractivity contribution >= 4 is 16.6 Å². The minimum atomic E-state index is -1.35. The van der Waals surface area contributed by atoms with Crippen molar-refractivity contribution in [2.45, 2.75) is 18.6 Å². The number of nitriles is 1. The van der Waals surface area contributed by atoms with E-state index in [1.54, 1.807) is 6.07 Å². The third-order valence-corrected chi connectivity index (χ3v) is 3.09. The lowest BCUT2D eigenvalue weighted by molar-refractivity contribution is -0.386. The molecule has 2 atom stereocenters. The fourth-order valence-corrected chi connectivity index (χ4v) is 1.97. The van der Waals surface area contributed by atoms with Crippen molar-refractivity contribution in [3.8, 4) is 6.07 Å². The summed E-state index contributed by atoms with van der Waals surface area (Å²) in [6.07, 6.45) is -1.92. The topological polar surface area (TPSA) is 140 Å². The van der Waals surface area contributed by atoms with E-state index in [1.165, 1.54) is 18.2 Å². The van der Waals surface area contributed by atoms with Gasteiger partial charge < -0.3 is 15.2 Å². The zero-order chi connectivity index (χ0) is 15.6. The molecule has 2 unspecified atom stereocenters. The Morgan fingerprint density at radius 2 is 2.14 bits per heavy atom. The van der Waals surface area contributed by atoms with E-state index in [-0.39, 0.29) is 17.4 Å². The molecular weight excluding hydrogens is 278 g/mol. The highest BCUT2D eigenvalue weighted by atomic mass is 16.6. The van der Waals surface area contributed by atoms with Crippen LogP contribution in [-0.4, -0.2) is 26.2 Å². The van der Waals surface area contributed by atoms with E-state index in [1.807, 2.05) is 0 Å². The fraction of sp³-hybridized carbons (Fsp3) is 0.231. The number of hydrogen-bond acceptors (Lipinski definition) is 6. The van der Waals surface area contributed by atoms with E-state index in [4.69, 9.17) is 5.26 Å². The minimum absolute atomic E-state index is 0.0323. The third kappa shape index (κ3) is 2.74. The van der Waals surface area contributed by atoms with Crippen molar-refractivity contribution in [1.29, 1.82) is 5.26 Å². The van der Waals surface area contributed by atoms with Crippen LogP contribution in [0.5, 0.6) is 0 Å². The van der Waals surface area contributed by atoms with Crippen molar-refractivity contribution in [2.24, 2.45) is 0 Å². The molecule has 8 nitrogen and oxygen atoms in total. The number of benzene rings is 1. The highest BCUT2D eigenvalue weighted by Crippen LogP contribution is 2.22. The lowest BCUT2D eigenvalue weighted by atomic mass is 10.0. The maximum Gasteiger partial charge on any atom is 0.332 e. The monoisotopic (exact) mass is 289 g/mol. The number of nitrogens with one attached hydrogen (secondary N) is 1. The molecule has 0 aliphatic heterocycles. The van der Waals surface area contributed by atoms with Gasteiger partial charge in [0.25, 0.3) is 5.43 Å². The third-order valence-electron chi connectivity index (χ3n) is 3.09. The van der Waals surface area contributed by atoms with Gasteiger partial charge in [-0.2, -0.15) is 5.26 Å². The summed E-state index contributed by atoms with van der Waals surface area (Å²) in [5, 5.41) is 38.8. The lowest BCUT2D eigenvalue weighted by Gasteiger charge is -2.15. The van der Waals surface area contributed by atoms with Gasteiger partial charge in [0.05, 0.1) is 35.1 Å². The van der Waals surface area contributed by atoms with Gasteiger partial charge in [-0.3, -0.25) is 14.9 Å². The molecule has 0 radical (unpaired) electrons. The average molecular weight is 289 g/mol. The molecule has 0 saturated heterocycles. The Balaban J connectivity index is 2.55. The average Bonchev–Trinajstić information content (AvgIpc) is 2.46. The molecule has 1 aromatic heterocycles. The van der Waals surface area contributed by atoms with Crippen LogP contribution in [0.15, 0.2) is 29.2 Å². The molecule has 0 aliphatic rings. The molecular formula is C13H11N3O5. The molecule has 3 N–H and O–H groups in total. The Labute approximate surface area is 118 Å². The molecule has 1 heterocycles. The number of pyridine rings is 1. The first-order valence-electron chi connectivity index (χ1n) is 5.98. The van der Waals surface area contributed by atoms with Gasteiger partial charge in [0.15, 0.2) is 0 Å². The largest absolute Gasteiger partial charge is 0.389 e. The van der Waals surface area contributed by atoms with Crippen LogP contribution in [0.25, 0.3) is 10.9 Å². The summed E-state index contributed by atoms with van der Waals surface area (Å²) in [4.78, 5) is 24.5. The summed E-state index contributed by atoms with van der Waals surface area (Å²) in [5.74, 6) is 0. The second-order valence-electron chi connectivity index (χ2n) is 4.44. The summed E-state index contributed by atoms with van der Waals surface area (Å²) < 4.78 is 0. The second-order valence-corrected chi connectivity index (χ2v) is 4.44. The zero-order valence-electron chi connectivity index (χ0n) is 10.7.